The standard InChI is InChI=1S/C27H44N7O19P3S/c1-27(2,22(40)25(41)30-7-5-17(37)29-8-10-57-18(38)4-3-15(36)6-9-35)12-50-56(47,48)53-55(45,46)49-11-16-21(52-54(42,43)44)20(39)26(51-16)34-14-33-19-23(28)31-13-32-24(19)34/h9,13-16,20-22,26,36,39-40H,3-8,10-12H2,1-2H3,(H,29,37)(H,30,41)(H,45,46)(H,47,48)(H2,28,31,32)(H2,42,43,44)/t15?,16-,20-,21-,22?,26-/m1/s1. The highest BCUT2D eigenvalue weighted by Crippen LogP contribution is 2.61. The van der Waals surface area contributed by atoms with E-state index in [1.165, 1.54) is 13.8 Å². The second-order valence-corrected chi connectivity index (χ2v) is 18.3. The Balaban J connectivity index is 1.46. The fourth-order valence-electron chi connectivity index (χ4n) is 4.88. The first-order valence-electron chi connectivity index (χ1n) is 16.6. The highest BCUT2D eigenvalue weighted by molar-refractivity contribution is 8.13. The SMILES string of the molecule is CC(C)(COP(=O)(O)OP(=O)(O)OC[C@H]1O[C@@H](n2cnc3c(N)ncnc32)[C@H](O)[C@@H]1OP(=O)(O)O)C(O)C(=O)NCCC(=O)NCCSC(=O)CCC(O)CC=O. The number of aldehydes is 1. The number of phosphoric ester groups is 3. The number of nitrogens with two attached hydrogens (primary N) is 1. The largest absolute Gasteiger partial charge is 0.481 e. The van der Waals surface area contributed by atoms with Crippen molar-refractivity contribution in [1.82, 2.24) is 30.2 Å². The lowest BCUT2D eigenvalue weighted by molar-refractivity contribution is -0.137. The number of fused-ring (bicyclic) bond motifs is 1. The van der Waals surface area contributed by atoms with E-state index < -0.39 is 90.7 Å². The minimum absolute atomic E-state index is 0.0208. The summed E-state index contributed by atoms with van der Waals surface area (Å²) in [4.78, 5) is 97.7. The Morgan fingerprint density at radius 2 is 1.74 bits per heavy atom. The Morgan fingerprint density at radius 1 is 1.05 bits per heavy atom. The first kappa shape index (κ1) is 48.6. The highest BCUT2D eigenvalue weighted by Gasteiger charge is 2.50. The van der Waals surface area contributed by atoms with E-state index in [0.717, 1.165) is 29.0 Å². The molecule has 0 aromatic carbocycles. The van der Waals surface area contributed by atoms with E-state index in [1.807, 2.05) is 0 Å². The van der Waals surface area contributed by atoms with Gasteiger partial charge in [-0.3, -0.25) is 32.5 Å². The fraction of sp³-hybridized carbons (Fsp3) is 0.667. The van der Waals surface area contributed by atoms with Crippen LogP contribution in [-0.2, 0) is 55.5 Å². The molecule has 30 heteroatoms. The number of nitrogens with zero attached hydrogens (tertiary/aromatic N) is 4. The first-order chi connectivity index (χ1) is 26.4. The van der Waals surface area contributed by atoms with Crippen molar-refractivity contribution < 1.29 is 90.4 Å². The van der Waals surface area contributed by atoms with E-state index in [0.29, 0.717) is 6.29 Å². The zero-order valence-corrected chi connectivity index (χ0v) is 33.7. The van der Waals surface area contributed by atoms with E-state index in [-0.39, 0.29) is 66.6 Å². The molecule has 11 N–H and O–H groups in total. The quantitative estimate of drug-likeness (QED) is 0.0322. The number of imidazole rings is 1. The van der Waals surface area contributed by atoms with E-state index in [4.69, 9.17) is 19.5 Å². The van der Waals surface area contributed by atoms with Crippen LogP contribution in [0.15, 0.2) is 12.7 Å². The van der Waals surface area contributed by atoms with E-state index in [2.05, 4.69) is 34.4 Å². The van der Waals surface area contributed by atoms with Crippen molar-refractivity contribution in [3.05, 3.63) is 12.7 Å². The summed E-state index contributed by atoms with van der Waals surface area (Å²) in [6.07, 6.45) is -7.30. The predicted octanol–water partition coefficient (Wildman–Crippen LogP) is -1.61. The van der Waals surface area contributed by atoms with Crippen LogP contribution in [0.2, 0.25) is 0 Å². The van der Waals surface area contributed by atoms with Crippen LogP contribution in [0.5, 0.6) is 0 Å². The second-order valence-electron chi connectivity index (χ2n) is 12.9. The number of aromatic nitrogens is 4. The highest BCUT2D eigenvalue weighted by atomic mass is 32.2. The van der Waals surface area contributed by atoms with Gasteiger partial charge in [0.2, 0.25) is 11.8 Å². The number of anilines is 1. The average molecular weight is 896 g/mol. The number of aliphatic hydroxyl groups is 3. The number of hydrogen-bond acceptors (Lipinski definition) is 20. The third-order valence-corrected chi connectivity index (χ3v) is 11.8. The number of thioether (sulfide) groups is 1. The van der Waals surface area contributed by atoms with Crippen LogP contribution in [0.25, 0.3) is 11.2 Å². The molecule has 0 bridgehead atoms. The maximum Gasteiger partial charge on any atom is 0.481 e. The molecule has 2 aromatic heterocycles. The Labute approximate surface area is 327 Å². The van der Waals surface area contributed by atoms with Gasteiger partial charge in [0.15, 0.2) is 22.8 Å². The van der Waals surface area contributed by atoms with Crippen LogP contribution < -0.4 is 16.4 Å². The van der Waals surface area contributed by atoms with Gasteiger partial charge >= 0.3 is 23.5 Å². The molecular weight excluding hydrogens is 851 g/mol. The molecule has 3 heterocycles. The van der Waals surface area contributed by atoms with Gasteiger partial charge < -0.3 is 60.8 Å². The van der Waals surface area contributed by atoms with Crippen LogP contribution >= 0.6 is 35.2 Å². The minimum Gasteiger partial charge on any atom is -0.393 e. The Kier molecular flexibility index (Phi) is 17.8. The Bertz CT molecular complexity index is 1870. The number of nitrogens with one attached hydrogen (secondary N) is 2. The van der Waals surface area contributed by atoms with Gasteiger partial charge in [0.05, 0.1) is 25.6 Å². The predicted molar refractivity (Wildman–Crippen MR) is 193 cm³/mol. The molecule has 2 amide bonds. The molecule has 0 saturated carbocycles. The van der Waals surface area contributed by atoms with Crippen LogP contribution in [0, 0.1) is 5.41 Å². The summed E-state index contributed by atoms with van der Waals surface area (Å²) >= 11 is 0.931. The average Bonchev–Trinajstić information content (AvgIpc) is 3.67. The Hall–Kier alpha value is -2.81. The third kappa shape index (κ3) is 15.4. The number of carbonyl (C=O) groups is 4. The maximum absolute atomic E-state index is 12.7. The minimum atomic E-state index is -5.59. The van der Waals surface area contributed by atoms with Gasteiger partial charge in [0, 0.05) is 43.5 Å². The number of amides is 2. The van der Waals surface area contributed by atoms with Gasteiger partial charge in [0.1, 0.15) is 42.5 Å². The van der Waals surface area contributed by atoms with Crippen molar-refractivity contribution in [3.63, 3.8) is 0 Å². The summed E-state index contributed by atoms with van der Waals surface area (Å²) in [6.45, 7) is 0.272. The summed E-state index contributed by atoms with van der Waals surface area (Å²) in [6, 6.07) is 0. The van der Waals surface area contributed by atoms with Crippen LogP contribution in [0.1, 0.15) is 45.8 Å². The number of carbonyl (C=O) groups excluding carboxylic acids is 4. The summed E-state index contributed by atoms with van der Waals surface area (Å²) < 4.78 is 62.0. The van der Waals surface area contributed by atoms with Gasteiger partial charge in [-0.25, -0.2) is 28.6 Å². The summed E-state index contributed by atoms with van der Waals surface area (Å²) in [5.74, 6) is -1.33. The van der Waals surface area contributed by atoms with Crippen molar-refractivity contribution >= 4 is 75.4 Å². The summed E-state index contributed by atoms with van der Waals surface area (Å²) in [7, 11) is -16.4. The first-order valence-corrected chi connectivity index (χ1v) is 22.1. The molecule has 1 aliphatic heterocycles. The lowest BCUT2D eigenvalue weighted by Crippen LogP contribution is -2.46. The molecule has 1 saturated heterocycles. The summed E-state index contributed by atoms with van der Waals surface area (Å²) in [5.41, 5.74) is 4.21. The van der Waals surface area contributed by atoms with E-state index in [1.54, 1.807) is 0 Å². The molecule has 57 heavy (non-hydrogen) atoms. The van der Waals surface area contributed by atoms with Gasteiger partial charge in [-0.2, -0.15) is 4.31 Å². The molecule has 8 atom stereocenters. The number of ether oxygens (including phenoxy) is 1. The molecule has 0 aliphatic carbocycles. The van der Waals surface area contributed by atoms with Crippen molar-refractivity contribution in [1.29, 1.82) is 0 Å². The molecule has 2 aromatic rings. The smallest absolute Gasteiger partial charge is 0.393 e. The summed E-state index contributed by atoms with van der Waals surface area (Å²) in [5, 5.41) is 35.5. The van der Waals surface area contributed by atoms with Gasteiger partial charge in [0.25, 0.3) is 0 Å². The van der Waals surface area contributed by atoms with Gasteiger partial charge in [-0.1, -0.05) is 25.6 Å². The van der Waals surface area contributed by atoms with Crippen molar-refractivity contribution in [3.8, 4) is 0 Å². The zero-order valence-electron chi connectivity index (χ0n) is 30.2. The molecule has 4 unspecified atom stereocenters. The van der Waals surface area contributed by atoms with Crippen LogP contribution in [-0.4, -0.2) is 140 Å². The third-order valence-electron chi connectivity index (χ3n) is 7.81. The van der Waals surface area contributed by atoms with Crippen molar-refractivity contribution in [2.24, 2.45) is 5.41 Å². The molecule has 3 rings (SSSR count). The number of aliphatic hydroxyl groups excluding tert-OH is 3. The fourth-order valence-corrected chi connectivity index (χ4v) is 8.40. The number of nitrogen functional groups attached to an aromatic ring is 1. The van der Waals surface area contributed by atoms with E-state index in [9.17, 15) is 67.8 Å². The normalized spacial score (nSPS) is 22.0. The van der Waals surface area contributed by atoms with Gasteiger partial charge in [-0.15, -0.1) is 0 Å². The Morgan fingerprint density at radius 3 is 2.40 bits per heavy atom. The molecular formula is C27H44N7O19P3S. The lowest BCUT2D eigenvalue weighted by atomic mass is 9.87. The monoisotopic (exact) mass is 895 g/mol. The topological polar surface area (TPSA) is 401 Å². The van der Waals surface area contributed by atoms with Crippen molar-refractivity contribution in [2.45, 2.75) is 76.3 Å². The number of phosphoric acid groups is 3. The molecule has 1 fully saturated rings. The maximum atomic E-state index is 12.7. The lowest BCUT2D eigenvalue weighted by Gasteiger charge is -2.30. The number of rotatable bonds is 24. The molecule has 322 valence electrons. The van der Waals surface area contributed by atoms with Gasteiger partial charge in [-0.05, 0) is 6.42 Å². The van der Waals surface area contributed by atoms with Crippen LogP contribution in [0.3, 0.4) is 0 Å². The van der Waals surface area contributed by atoms with Crippen LogP contribution in [0.4, 0.5) is 5.82 Å². The molecule has 1 aliphatic rings. The zero-order chi connectivity index (χ0) is 42.8. The van der Waals surface area contributed by atoms with E-state index >= 15 is 0 Å². The second kappa shape index (κ2) is 20.9. The van der Waals surface area contributed by atoms with Crippen molar-refractivity contribution in [2.75, 3.05) is 37.8 Å². The molecule has 0 radical (unpaired) electrons. The molecule has 26 nitrogen and oxygen atoms in total. The molecule has 0 spiro atoms. The number of hydrogen-bond donors (Lipinski definition) is 10.